The van der Waals surface area contributed by atoms with Crippen LogP contribution in [-0.2, 0) is 16.0 Å². The van der Waals surface area contributed by atoms with Crippen LogP contribution in [0, 0.1) is 17.6 Å². The third-order valence-electron chi connectivity index (χ3n) is 4.82. The summed E-state index contributed by atoms with van der Waals surface area (Å²) in [7, 11) is 0. The number of carbonyl (C=O) groups is 1. The number of aryl methyl sites for hydroxylation is 1. The summed E-state index contributed by atoms with van der Waals surface area (Å²) >= 11 is 0. The summed E-state index contributed by atoms with van der Waals surface area (Å²) in [4.78, 5) is 14.3. The molecule has 3 rings (SSSR count). The Morgan fingerprint density at radius 3 is 2.87 bits per heavy atom. The van der Waals surface area contributed by atoms with Gasteiger partial charge >= 0.3 is 0 Å². The molecule has 1 amide bonds. The van der Waals surface area contributed by atoms with Crippen molar-refractivity contribution in [3.05, 3.63) is 35.4 Å². The second kappa shape index (κ2) is 6.93. The molecule has 23 heavy (non-hydrogen) atoms. The van der Waals surface area contributed by atoms with Gasteiger partial charge in [-0.2, -0.15) is 0 Å². The molecule has 3 atom stereocenters. The van der Waals surface area contributed by atoms with E-state index in [9.17, 15) is 18.7 Å². The maximum atomic E-state index is 13.2. The first-order valence-electron chi connectivity index (χ1n) is 8.04. The van der Waals surface area contributed by atoms with Gasteiger partial charge in [-0.3, -0.25) is 4.79 Å². The van der Waals surface area contributed by atoms with E-state index in [4.69, 9.17) is 4.74 Å². The predicted molar refractivity (Wildman–Crippen MR) is 79.7 cm³/mol. The minimum Gasteiger partial charge on any atom is -0.396 e. The Morgan fingerprint density at radius 1 is 1.30 bits per heavy atom. The van der Waals surface area contributed by atoms with Gasteiger partial charge in [0, 0.05) is 19.6 Å². The van der Waals surface area contributed by atoms with E-state index in [1.807, 2.05) is 4.90 Å². The molecule has 1 N–H and O–H groups in total. The minimum absolute atomic E-state index is 0.00613. The summed E-state index contributed by atoms with van der Waals surface area (Å²) in [5.74, 6) is -1.57. The zero-order valence-electron chi connectivity index (χ0n) is 12.9. The molecule has 2 aliphatic rings. The number of halogens is 2. The molecule has 1 aromatic rings. The smallest absolute Gasteiger partial charge is 0.223 e. The van der Waals surface area contributed by atoms with Crippen molar-refractivity contribution in [1.29, 1.82) is 0 Å². The van der Waals surface area contributed by atoms with Gasteiger partial charge in [-0.15, -0.1) is 0 Å². The molecule has 0 spiro atoms. The van der Waals surface area contributed by atoms with E-state index in [0.717, 1.165) is 25.0 Å². The monoisotopic (exact) mass is 325 g/mol. The van der Waals surface area contributed by atoms with E-state index >= 15 is 0 Å². The van der Waals surface area contributed by atoms with Crippen LogP contribution in [0.15, 0.2) is 18.2 Å². The molecule has 1 heterocycles. The molecule has 0 bridgehead atoms. The number of fused-ring (bicyclic) bond motifs is 1. The molecule has 0 radical (unpaired) electrons. The van der Waals surface area contributed by atoms with Crippen molar-refractivity contribution in [3.8, 4) is 0 Å². The summed E-state index contributed by atoms with van der Waals surface area (Å²) in [6.45, 7) is 1.18. The minimum atomic E-state index is -0.886. The first-order valence-corrected chi connectivity index (χ1v) is 8.04. The van der Waals surface area contributed by atoms with Crippen LogP contribution in [0.2, 0.25) is 0 Å². The first-order chi connectivity index (χ1) is 11.1. The molecule has 1 saturated heterocycles. The average molecular weight is 325 g/mol. The summed E-state index contributed by atoms with van der Waals surface area (Å²) in [5, 5.41) is 9.31. The molecule has 2 fully saturated rings. The van der Waals surface area contributed by atoms with E-state index in [0.29, 0.717) is 25.1 Å². The van der Waals surface area contributed by atoms with E-state index < -0.39 is 11.6 Å². The van der Waals surface area contributed by atoms with E-state index in [1.54, 1.807) is 0 Å². The molecule has 126 valence electrons. The van der Waals surface area contributed by atoms with Crippen LogP contribution in [0.25, 0.3) is 0 Å². The van der Waals surface area contributed by atoms with E-state index in [2.05, 4.69) is 0 Å². The van der Waals surface area contributed by atoms with Gasteiger partial charge in [0.05, 0.1) is 18.8 Å². The number of aliphatic hydroxyl groups excluding tert-OH is 1. The standard InChI is InChI=1S/C17H21F2NO3/c18-13-3-1-11(7-14(13)19)2-4-17(22)20-5-6-23-16-9-12(10-21)8-15(16)20/h1,3,7,12,15-16,21H,2,4-6,8-10H2/t12-,15+,16?/m1/s1. The molecule has 6 heteroatoms. The number of carbonyl (C=O) groups excluding carboxylic acids is 1. The molecule has 1 aliphatic carbocycles. The number of morpholine rings is 1. The van der Waals surface area contributed by atoms with Crippen LogP contribution < -0.4 is 0 Å². The Hall–Kier alpha value is -1.53. The van der Waals surface area contributed by atoms with Gasteiger partial charge in [0.2, 0.25) is 5.91 Å². The molecular weight excluding hydrogens is 304 g/mol. The number of aliphatic hydroxyl groups is 1. The molecular formula is C17H21F2NO3. The van der Waals surface area contributed by atoms with Crippen molar-refractivity contribution < 1.29 is 23.4 Å². The van der Waals surface area contributed by atoms with Crippen molar-refractivity contribution in [2.24, 2.45) is 5.92 Å². The number of ether oxygens (including phenoxy) is 1. The van der Waals surface area contributed by atoms with Gasteiger partial charge in [0.1, 0.15) is 0 Å². The third-order valence-corrected chi connectivity index (χ3v) is 4.82. The van der Waals surface area contributed by atoms with Crippen molar-refractivity contribution in [2.45, 2.75) is 37.8 Å². The molecule has 1 aliphatic heterocycles. The van der Waals surface area contributed by atoms with Crippen molar-refractivity contribution in [2.75, 3.05) is 19.8 Å². The number of hydrogen-bond acceptors (Lipinski definition) is 3. The van der Waals surface area contributed by atoms with Gasteiger partial charge < -0.3 is 14.7 Å². The van der Waals surface area contributed by atoms with Crippen LogP contribution in [0.1, 0.15) is 24.8 Å². The Labute approximate surface area is 134 Å². The molecule has 4 nitrogen and oxygen atoms in total. The van der Waals surface area contributed by atoms with E-state index in [1.165, 1.54) is 6.07 Å². The van der Waals surface area contributed by atoms with Gasteiger partial charge in [0.15, 0.2) is 11.6 Å². The summed E-state index contributed by atoms with van der Waals surface area (Å²) in [5.41, 5.74) is 0.613. The van der Waals surface area contributed by atoms with Crippen molar-refractivity contribution in [1.82, 2.24) is 4.90 Å². The Morgan fingerprint density at radius 2 is 2.13 bits per heavy atom. The maximum Gasteiger partial charge on any atom is 0.223 e. The van der Waals surface area contributed by atoms with Crippen molar-refractivity contribution >= 4 is 5.91 Å². The van der Waals surface area contributed by atoms with Crippen molar-refractivity contribution in [3.63, 3.8) is 0 Å². The fourth-order valence-electron chi connectivity index (χ4n) is 3.60. The maximum absolute atomic E-state index is 13.2. The third kappa shape index (κ3) is 3.53. The molecule has 1 unspecified atom stereocenters. The lowest BCUT2D eigenvalue weighted by molar-refractivity contribution is -0.143. The predicted octanol–water partition coefficient (Wildman–Crippen LogP) is 1.90. The highest BCUT2D eigenvalue weighted by Gasteiger charge is 2.42. The summed E-state index contributed by atoms with van der Waals surface area (Å²) < 4.78 is 31.8. The highest BCUT2D eigenvalue weighted by molar-refractivity contribution is 5.77. The zero-order chi connectivity index (χ0) is 16.4. The number of benzene rings is 1. The Kier molecular flexibility index (Phi) is 4.92. The fourth-order valence-corrected chi connectivity index (χ4v) is 3.60. The fraction of sp³-hybridized carbons (Fsp3) is 0.588. The summed E-state index contributed by atoms with van der Waals surface area (Å²) in [6, 6.07) is 3.76. The molecule has 1 aromatic carbocycles. The second-order valence-electron chi connectivity index (χ2n) is 6.33. The highest BCUT2D eigenvalue weighted by atomic mass is 19.2. The van der Waals surface area contributed by atoms with Crippen LogP contribution in [0.3, 0.4) is 0 Å². The Balaban J connectivity index is 1.60. The summed E-state index contributed by atoms with van der Waals surface area (Å²) in [6.07, 6.45) is 2.20. The molecule has 1 saturated carbocycles. The lowest BCUT2D eigenvalue weighted by Gasteiger charge is -2.37. The van der Waals surface area contributed by atoms with E-state index in [-0.39, 0.29) is 37.0 Å². The SMILES string of the molecule is O=C(CCc1ccc(F)c(F)c1)N1CCOC2C[C@H](CO)C[C@@H]21. The van der Waals surface area contributed by atoms with Gasteiger partial charge in [0.25, 0.3) is 0 Å². The average Bonchev–Trinajstić information content (AvgIpc) is 2.98. The van der Waals surface area contributed by atoms with Crippen LogP contribution >= 0.6 is 0 Å². The topological polar surface area (TPSA) is 49.8 Å². The number of nitrogens with zero attached hydrogens (tertiary/aromatic N) is 1. The normalized spacial score (nSPS) is 27.1. The number of hydrogen-bond donors (Lipinski definition) is 1. The first kappa shape index (κ1) is 16.3. The number of amides is 1. The highest BCUT2D eigenvalue weighted by Crippen LogP contribution is 2.34. The van der Waals surface area contributed by atoms with Gasteiger partial charge in [-0.25, -0.2) is 8.78 Å². The van der Waals surface area contributed by atoms with Crippen LogP contribution in [-0.4, -0.2) is 47.8 Å². The van der Waals surface area contributed by atoms with Crippen LogP contribution in [0.4, 0.5) is 8.78 Å². The lowest BCUT2D eigenvalue weighted by atomic mass is 10.1. The van der Waals surface area contributed by atoms with Gasteiger partial charge in [-0.05, 0) is 42.9 Å². The van der Waals surface area contributed by atoms with Gasteiger partial charge in [-0.1, -0.05) is 6.07 Å². The second-order valence-corrected chi connectivity index (χ2v) is 6.33. The lowest BCUT2D eigenvalue weighted by Crippen LogP contribution is -2.51. The molecule has 0 aromatic heterocycles. The quantitative estimate of drug-likeness (QED) is 0.920. The Bertz CT molecular complexity index is 581. The zero-order valence-corrected chi connectivity index (χ0v) is 12.9. The number of rotatable bonds is 4. The largest absolute Gasteiger partial charge is 0.396 e. The van der Waals surface area contributed by atoms with Crippen LogP contribution in [0.5, 0.6) is 0 Å².